The standard InChI is InChI=1S/C12H15ClN2O3S/c1-17-12(16)9-4-8-11(19-9)14-10(5-13)15(8)6-7-2-3-18-7/h4,7,12,16H,2-3,5-6H2,1H3/t7-,12?/m0/s1. The first-order chi connectivity index (χ1) is 9.22. The van der Waals surface area contributed by atoms with Gasteiger partial charge in [0, 0.05) is 13.7 Å². The van der Waals surface area contributed by atoms with Crippen molar-refractivity contribution in [3.8, 4) is 0 Å². The highest BCUT2D eigenvalue weighted by Crippen LogP contribution is 2.32. The van der Waals surface area contributed by atoms with E-state index in [1.54, 1.807) is 0 Å². The van der Waals surface area contributed by atoms with Crippen LogP contribution < -0.4 is 0 Å². The summed E-state index contributed by atoms with van der Waals surface area (Å²) in [6.45, 7) is 1.59. The summed E-state index contributed by atoms with van der Waals surface area (Å²) in [6, 6.07) is 1.91. The molecule has 104 valence electrons. The number of ether oxygens (including phenoxy) is 2. The molecule has 1 fully saturated rings. The molecule has 3 heterocycles. The van der Waals surface area contributed by atoms with Gasteiger partial charge in [0.25, 0.3) is 0 Å². The lowest BCUT2D eigenvalue weighted by Gasteiger charge is -2.27. The molecule has 3 rings (SSSR count). The number of alkyl halides is 1. The minimum Gasteiger partial charge on any atom is -0.376 e. The highest BCUT2D eigenvalue weighted by molar-refractivity contribution is 7.18. The summed E-state index contributed by atoms with van der Waals surface area (Å²) in [5.74, 6) is 1.22. The number of methoxy groups -OCH3 is 1. The predicted molar refractivity (Wildman–Crippen MR) is 73.5 cm³/mol. The Hall–Kier alpha value is -0.660. The lowest BCUT2D eigenvalue weighted by atomic mass is 10.2. The van der Waals surface area contributed by atoms with Gasteiger partial charge in [-0.05, 0) is 12.5 Å². The Morgan fingerprint density at radius 2 is 2.53 bits per heavy atom. The Morgan fingerprint density at radius 3 is 3.11 bits per heavy atom. The zero-order valence-electron chi connectivity index (χ0n) is 10.5. The molecule has 0 saturated carbocycles. The van der Waals surface area contributed by atoms with Gasteiger partial charge in [0.2, 0.25) is 0 Å². The van der Waals surface area contributed by atoms with E-state index in [4.69, 9.17) is 21.1 Å². The van der Waals surface area contributed by atoms with E-state index >= 15 is 0 Å². The van der Waals surface area contributed by atoms with Crippen LogP contribution in [0.1, 0.15) is 23.4 Å². The van der Waals surface area contributed by atoms with Gasteiger partial charge in [0.05, 0.1) is 28.9 Å². The van der Waals surface area contributed by atoms with E-state index in [1.165, 1.54) is 18.4 Å². The SMILES string of the molecule is COC(O)c1cc2c(nc(CCl)n2C[C@@H]2CCO2)s1. The van der Waals surface area contributed by atoms with E-state index in [-0.39, 0.29) is 6.10 Å². The number of halogens is 1. The van der Waals surface area contributed by atoms with Gasteiger partial charge in [-0.25, -0.2) is 4.98 Å². The highest BCUT2D eigenvalue weighted by Gasteiger charge is 2.23. The summed E-state index contributed by atoms with van der Waals surface area (Å²) in [5, 5.41) is 9.71. The van der Waals surface area contributed by atoms with Crippen LogP contribution in [0, 0.1) is 0 Å². The number of rotatable bonds is 5. The van der Waals surface area contributed by atoms with Gasteiger partial charge in [-0.2, -0.15) is 0 Å². The molecular weight excluding hydrogens is 288 g/mol. The van der Waals surface area contributed by atoms with Gasteiger partial charge in [0.1, 0.15) is 10.7 Å². The van der Waals surface area contributed by atoms with Gasteiger partial charge < -0.3 is 19.1 Å². The molecule has 1 unspecified atom stereocenters. The maximum absolute atomic E-state index is 9.71. The summed E-state index contributed by atoms with van der Waals surface area (Å²) in [6.07, 6.45) is 0.418. The largest absolute Gasteiger partial charge is 0.376 e. The van der Waals surface area contributed by atoms with Crippen molar-refractivity contribution < 1.29 is 14.6 Å². The number of fused-ring (bicyclic) bond motifs is 1. The molecule has 19 heavy (non-hydrogen) atoms. The van der Waals surface area contributed by atoms with E-state index in [0.29, 0.717) is 5.88 Å². The van der Waals surface area contributed by atoms with Gasteiger partial charge in [0.15, 0.2) is 6.29 Å². The Balaban J connectivity index is 1.97. The molecule has 7 heteroatoms. The van der Waals surface area contributed by atoms with Crippen LogP contribution in [0.15, 0.2) is 6.07 Å². The van der Waals surface area contributed by atoms with Crippen molar-refractivity contribution in [3.05, 3.63) is 16.8 Å². The number of thiophene rings is 1. The third kappa shape index (κ3) is 2.39. The molecule has 0 bridgehead atoms. The molecule has 0 spiro atoms. The predicted octanol–water partition coefficient (Wildman–Crippen LogP) is 2.26. The topological polar surface area (TPSA) is 56.5 Å². The molecule has 2 atom stereocenters. The summed E-state index contributed by atoms with van der Waals surface area (Å²) in [5.41, 5.74) is 0.988. The smallest absolute Gasteiger partial charge is 0.190 e. The quantitative estimate of drug-likeness (QED) is 0.680. The fourth-order valence-corrected chi connectivity index (χ4v) is 3.38. The number of hydrogen-bond acceptors (Lipinski definition) is 5. The van der Waals surface area contributed by atoms with E-state index in [0.717, 1.165) is 40.6 Å². The van der Waals surface area contributed by atoms with E-state index < -0.39 is 6.29 Å². The highest BCUT2D eigenvalue weighted by atomic mass is 35.5. The van der Waals surface area contributed by atoms with Crippen molar-refractivity contribution in [2.75, 3.05) is 13.7 Å². The van der Waals surface area contributed by atoms with Crippen LogP contribution in [0.4, 0.5) is 0 Å². The van der Waals surface area contributed by atoms with Crippen LogP contribution in [0.5, 0.6) is 0 Å². The molecule has 0 aromatic carbocycles. The molecule has 2 aromatic rings. The fraction of sp³-hybridized carbons (Fsp3) is 0.583. The third-order valence-electron chi connectivity index (χ3n) is 3.31. The van der Waals surface area contributed by atoms with Crippen molar-refractivity contribution >= 4 is 33.3 Å². The average molecular weight is 303 g/mol. The number of nitrogens with zero attached hydrogens (tertiary/aromatic N) is 2. The summed E-state index contributed by atoms with van der Waals surface area (Å²) in [4.78, 5) is 6.14. The molecule has 2 aromatic heterocycles. The van der Waals surface area contributed by atoms with Crippen molar-refractivity contribution in [1.82, 2.24) is 9.55 Å². The second-order valence-corrected chi connectivity index (χ2v) is 5.81. The van der Waals surface area contributed by atoms with Gasteiger partial charge >= 0.3 is 0 Å². The first-order valence-corrected chi connectivity index (χ1v) is 7.45. The molecule has 0 amide bonds. The van der Waals surface area contributed by atoms with Crippen molar-refractivity contribution in [1.29, 1.82) is 0 Å². The van der Waals surface area contributed by atoms with Crippen molar-refractivity contribution in [2.24, 2.45) is 0 Å². The third-order valence-corrected chi connectivity index (χ3v) is 4.60. The Kier molecular flexibility index (Phi) is 3.77. The molecule has 0 radical (unpaired) electrons. The van der Waals surface area contributed by atoms with Crippen LogP contribution in [-0.4, -0.2) is 34.5 Å². The molecular formula is C12H15ClN2O3S. The van der Waals surface area contributed by atoms with Crippen LogP contribution >= 0.6 is 22.9 Å². The number of imidazole rings is 1. The summed E-state index contributed by atoms with van der Waals surface area (Å²) >= 11 is 7.37. The maximum Gasteiger partial charge on any atom is 0.190 e. The molecule has 0 aliphatic carbocycles. The number of aliphatic hydroxyl groups excluding tert-OH is 1. The lowest BCUT2D eigenvalue weighted by Crippen LogP contribution is -2.31. The van der Waals surface area contributed by atoms with E-state index in [9.17, 15) is 5.11 Å². The summed E-state index contributed by atoms with van der Waals surface area (Å²) in [7, 11) is 1.48. The molecule has 1 N–H and O–H groups in total. The molecule has 1 saturated heterocycles. The minimum absolute atomic E-state index is 0.245. The second kappa shape index (κ2) is 5.38. The lowest BCUT2D eigenvalue weighted by molar-refractivity contribution is -0.0743. The fourth-order valence-electron chi connectivity index (χ4n) is 2.16. The first-order valence-electron chi connectivity index (χ1n) is 6.10. The van der Waals surface area contributed by atoms with Gasteiger partial charge in [-0.3, -0.25) is 0 Å². The zero-order chi connectivity index (χ0) is 13.4. The second-order valence-electron chi connectivity index (χ2n) is 4.48. The van der Waals surface area contributed by atoms with Crippen LogP contribution in [0.2, 0.25) is 0 Å². The first kappa shape index (κ1) is 13.3. The normalized spacial score (nSPS) is 20.7. The van der Waals surface area contributed by atoms with Crippen LogP contribution in [0.25, 0.3) is 10.3 Å². The van der Waals surface area contributed by atoms with E-state index in [2.05, 4.69) is 9.55 Å². The zero-order valence-corrected chi connectivity index (χ0v) is 12.1. The van der Waals surface area contributed by atoms with Crippen LogP contribution in [-0.2, 0) is 21.9 Å². The monoisotopic (exact) mass is 302 g/mol. The number of aromatic nitrogens is 2. The molecule has 1 aliphatic heterocycles. The minimum atomic E-state index is -0.896. The van der Waals surface area contributed by atoms with Crippen molar-refractivity contribution in [3.63, 3.8) is 0 Å². The van der Waals surface area contributed by atoms with Crippen molar-refractivity contribution in [2.45, 2.75) is 31.2 Å². The Morgan fingerprint density at radius 1 is 1.74 bits per heavy atom. The Bertz CT molecular complexity index is 579. The Labute approximate surface area is 119 Å². The molecule has 5 nitrogen and oxygen atoms in total. The van der Waals surface area contributed by atoms with Gasteiger partial charge in [-0.1, -0.05) is 0 Å². The maximum atomic E-state index is 9.71. The van der Waals surface area contributed by atoms with Crippen LogP contribution in [0.3, 0.4) is 0 Å². The number of aliphatic hydroxyl groups is 1. The van der Waals surface area contributed by atoms with E-state index in [1.807, 2.05) is 6.07 Å². The number of hydrogen-bond donors (Lipinski definition) is 1. The molecule has 1 aliphatic rings. The van der Waals surface area contributed by atoms with Gasteiger partial charge in [-0.15, -0.1) is 22.9 Å². The summed E-state index contributed by atoms with van der Waals surface area (Å²) < 4.78 is 12.5. The average Bonchev–Trinajstić information content (AvgIpc) is 2.90.